The van der Waals surface area contributed by atoms with Gasteiger partial charge in [-0.3, -0.25) is 4.79 Å². The number of nitrogens with zero attached hydrogens (tertiary/aromatic N) is 1. The predicted octanol–water partition coefficient (Wildman–Crippen LogP) is 3.74. The van der Waals surface area contributed by atoms with Crippen molar-refractivity contribution in [2.75, 3.05) is 23.3 Å². The number of hydrogen-bond acceptors (Lipinski definition) is 3. The highest BCUT2D eigenvalue weighted by Gasteiger charge is 2.17. The summed E-state index contributed by atoms with van der Waals surface area (Å²) in [5.74, 6) is -0.171. The maximum Gasteiger partial charge on any atom is 0.227 e. The molecule has 1 heterocycles. The second-order valence-corrected chi connectivity index (χ2v) is 6.24. The van der Waals surface area contributed by atoms with Crippen molar-refractivity contribution in [2.45, 2.75) is 31.8 Å². The molecule has 4 nitrogen and oxygen atoms in total. The molecular formula is C20H24N2O2. The molecule has 0 radical (unpaired) electrons. The smallest absolute Gasteiger partial charge is 0.227 e. The van der Waals surface area contributed by atoms with Gasteiger partial charge in [-0.15, -0.1) is 0 Å². The summed E-state index contributed by atoms with van der Waals surface area (Å²) in [7, 11) is 0. The SMILES string of the molecule is O=C(CC(O)c1ccccc1)Nc1ccccc1N1CCCCC1. The van der Waals surface area contributed by atoms with Crippen molar-refractivity contribution in [3.63, 3.8) is 0 Å². The monoisotopic (exact) mass is 324 g/mol. The minimum atomic E-state index is -0.784. The summed E-state index contributed by atoms with van der Waals surface area (Å²) in [6, 6.07) is 17.2. The van der Waals surface area contributed by atoms with E-state index in [2.05, 4.69) is 16.3 Å². The Morgan fingerprint density at radius 1 is 1.00 bits per heavy atom. The van der Waals surface area contributed by atoms with E-state index in [9.17, 15) is 9.90 Å². The van der Waals surface area contributed by atoms with Crippen LogP contribution in [-0.2, 0) is 4.79 Å². The Balaban J connectivity index is 1.66. The van der Waals surface area contributed by atoms with Crippen LogP contribution in [0.4, 0.5) is 11.4 Å². The Hall–Kier alpha value is -2.33. The van der Waals surface area contributed by atoms with Gasteiger partial charge in [-0.25, -0.2) is 0 Å². The molecule has 1 unspecified atom stereocenters. The fourth-order valence-electron chi connectivity index (χ4n) is 3.16. The molecule has 2 N–H and O–H groups in total. The van der Waals surface area contributed by atoms with Crippen molar-refractivity contribution in [1.82, 2.24) is 0 Å². The van der Waals surface area contributed by atoms with Gasteiger partial charge in [0, 0.05) is 13.1 Å². The Morgan fingerprint density at radius 3 is 2.42 bits per heavy atom. The lowest BCUT2D eigenvalue weighted by molar-refractivity contribution is -0.118. The number of anilines is 2. The molecule has 1 aliphatic heterocycles. The summed E-state index contributed by atoms with van der Waals surface area (Å²) in [6.07, 6.45) is 2.92. The van der Waals surface area contributed by atoms with Gasteiger partial charge < -0.3 is 15.3 Å². The normalized spacial score (nSPS) is 15.8. The summed E-state index contributed by atoms with van der Waals surface area (Å²) in [4.78, 5) is 14.7. The average Bonchev–Trinajstić information content (AvgIpc) is 2.63. The van der Waals surface area contributed by atoms with E-state index in [-0.39, 0.29) is 12.3 Å². The highest BCUT2D eigenvalue weighted by molar-refractivity contribution is 5.94. The van der Waals surface area contributed by atoms with Crippen LogP contribution < -0.4 is 10.2 Å². The molecule has 1 atom stereocenters. The van der Waals surface area contributed by atoms with Gasteiger partial charge in [-0.1, -0.05) is 42.5 Å². The lowest BCUT2D eigenvalue weighted by Crippen LogP contribution is -2.30. The molecule has 2 aromatic rings. The van der Waals surface area contributed by atoms with Gasteiger partial charge in [0.15, 0.2) is 0 Å². The van der Waals surface area contributed by atoms with Gasteiger partial charge in [0.1, 0.15) is 0 Å². The number of carbonyl (C=O) groups is 1. The fraction of sp³-hybridized carbons (Fsp3) is 0.350. The Morgan fingerprint density at radius 2 is 1.67 bits per heavy atom. The van der Waals surface area contributed by atoms with Gasteiger partial charge >= 0.3 is 0 Å². The lowest BCUT2D eigenvalue weighted by Gasteiger charge is -2.30. The number of carbonyl (C=O) groups excluding carboxylic acids is 1. The zero-order valence-electron chi connectivity index (χ0n) is 13.8. The molecule has 3 rings (SSSR count). The molecule has 0 bridgehead atoms. The molecule has 4 heteroatoms. The second kappa shape index (κ2) is 7.97. The molecule has 24 heavy (non-hydrogen) atoms. The van der Waals surface area contributed by atoms with E-state index in [1.807, 2.05) is 48.5 Å². The van der Waals surface area contributed by atoms with Crippen molar-refractivity contribution in [3.05, 3.63) is 60.2 Å². The number of nitrogens with one attached hydrogen (secondary N) is 1. The number of rotatable bonds is 5. The predicted molar refractivity (Wildman–Crippen MR) is 97.2 cm³/mol. The van der Waals surface area contributed by atoms with Crippen LogP contribution in [0.3, 0.4) is 0 Å². The van der Waals surface area contributed by atoms with E-state index in [1.54, 1.807) is 0 Å². The molecule has 0 aromatic heterocycles. The quantitative estimate of drug-likeness (QED) is 0.881. The summed E-state index contributed by atoms with van der Waals surface area (Å²) in [6.45, 7) is 2.05. The van der Waals surface area contributed by atoms with Crippen molar-refractivity contribution in [2.24, 2.45) is 0 Å². The first-order valence-electron chi connectivity index (χ1n) is 8.61. The zero-order chi connectivity index (χ0) is 16.8. The van der Waals surface area contributed by atoms with Crippen molar-refractivity contribution in [1.29, 1.82) is 0 Å². The maximum atomic E-state index is 12.3. The molecule has 0 saturated carbocycles. The third-order valence-electron chi connectivity index (χ3n) is 4.44. The minimum Gasteiger partial charge on any atom is -0.388 e. The van der Waals surface area contributed by atoms with Crippen LogP contribution in [0.2, 0.25) is 0 Å². The first-order valence-corrected chi connectivity index (χ1v) is 8.61. The summed E-state index contributed by atoms with van der Waals surface area (Å²) in [5.41, 5.74) is 2.65. The molecule has 0 aliphatic carbocycles. The first-order chi connectivity index (χ1) is 11.7. The van der Waals surface area contributed by atoms with Crippen molar-refractivity contribution >= 4 is 17.3 Å². The topological polar surface area (TPSA) is 52.6 Å². The summed E-state index contributed by atoms with van der Waals surface area (Å²) in [5, 5.41) is 13.2. The third-order valence-corrected chi connectivity index (χ3v) is 4.44. The van der Waals surface area contributed by atoms with Gasteiger partial charge in [-0.05, 0) is 37.0 Å². The van der Waals surface area contributed by atoms with Gasteiger partial charge in [0.05, 0.1) is 23.9 Å². The van der Waals surface area contributed by atoms with Crippen LogP contribution in [0, 0.1) is 0 Å². The maximum absolute atomic E-state index is 12.3. The van der Waals surface area contributed by atoms with Crippen LogP contribution in [0.1, 0.15) is 37.4 Å². The number of aliphatic hydroxyl groups excluding tert-OH is 1. The fourth-order valence-corrected chi connectivity index (χ4v) is 3.16. The molecule has 2 aromatic carbocycles. The van der Waals surface area contributed by atoms with E-state index in [0.29, 0.717) is 0 Å². The number of benzene rings is 2. The average molecular weight is 324 g/mol. The van der Waals surface area contributed by atoms with Gasteiger partial charge in [0.25, 0.3) is 0 Å². The number of amides is 1. The van der Waals surface area contributed by atoms with Gasteiger partial charge in [0.2, 0.25) is 5.91 Å². The molecular weight excluding hydrogens is 300 g/mol. The van der Waals surface area contributed by atoms with E-state index in [0.717, 1.165) is 30.0 Å². The third kappa shape index (κ3) is 4.15. The van der Waals surface area contributed by atoms with Crippen LogP contribution >= 0.6 is 0 Å². The summed E-state index contributed by atoms with van der Waals surface area (Å²) >= 11 is 0. The Labute approximate surface area is 143 Å². The highest BCUT2D eigenvalue weighted by Crippen LogP contribution is 2.28. The van der Waals surface area contributed by atoms with E-state index < -0.39 is 6.10 Å². The van der Waals surface area contributed by atoms with E-state index in [4.69, 9.17) is 0 Å². The molecule has 1 aliphatic rings. The second-order valence-electron chi connectivity index (χ2n) is 6.24. The molecule has 1 amide bonds. The Kier molecular flexibility index (Phi) is 5.49. The lowest BCUT2D eigenvalue weighted by atomic mass is 10.1. The number of aliphatic hydroxyl groups is 1. The van der Waals surface area contributed by atoms with E-state index in [1.165, 1.54) is 19.3 Å². The Bertz CT molecular complexity index is 666. The minimum absolute atomic E-state index is 0.0539. The summed E-state index contributed by atoms with van der Waals surface area (Å²) < 4.78 is 0. The molecule has 126 valence electrons. The number of piperidine rings is 1. The number of hydrogen-bond donors (Lipinski definition) is 2. The highest BCUT2D eigenvalue weighted by atomic mass is 16.3. The van der Waals surface area contributed by atoms with Crippen molar-refractivity contribution in [3.8, 4) is 0 Å². The van der Waals surface area contributed by atoms with Crippen LogP contribution in [0.15, 0.2) is 54.6 Å². The van der Waals surface area contributed by atoms with Crippen LogP contribution in [-0.4, -0.2) is 24.1 Å². The molecule has 1 fully saturated rings. The van der Waals surface area contributed by atoms with Crippen molar-refractivity contribution < 1.29 is 9.90 Å². The molecule has 0 spiro atoms. The zero-order valence-corrected chi connectivity index (χ0v) is 13.8. The van der Waals surface area contributed by atoms with Crippen LogP contribution in [0.25, 0.3) is 0 Å². The standard InChI is InChI=1S/C20H24N2O2/c23-19(16-9-3-1-4-10-16)15-20(24)21-17-11-5-6-12-18(17)22-13-7-2-8-14-22/h1,3-6,9-12,19,23H,2,7-8,13-15H2,(H,21,24). The van der Waals surface area contributed by atoms with E-state index >= 15 is 0 Å². The first kappa shape index (κ1) is 16.5. The largest absolute Gasteiger partial charge is 0.388 e. The van der Waals surface area contributed by atoms with Gasteiger partial charge in [-0.2, -0.15) is 0 Å². The molecule has 1 saturated heterocycles. The number of para-hydroxylation sites is 2. The van der Waals surface area contributed by atoms with Crippen LogP contribution in [0.5, 0.6) is 0 Å².